The highest BCUT2D eigenvalue weighted by Crippen LogP contribution is 2.28. The van der Waals surface area contributed by atoms with Gasteiger partial charge in [0.15, 0.2) is 18.1 Å². The number of amides is 1. The maximum atomic E-state index is 12.3. The highest BCUT2D eigenvalue weighted by Gasteiger charge is 2.28. The van der Waals surface area contributed by atoms with Crippen LogP contribution in [0.2, 0.25) is 0 Å². The normalized spacial score (nSPS) is 10.8. The molecule has 2 aromatic carbocycles. The molecule has 2 rings (SSSR count). The minimum atomic E-state index is -4.51. The fraction of sp³-hybridized carbons (Fsp3) is 0.300. The van der Waals surface area contributed by atoms with E-state index in [4.69, 9.17) is 14.7 Å². The maximum absolute atomic E-state index is 12.3. The lowest BCUT2D eigenvalue weighted by molar-refractivity contribution is -0.153. The molecule has 0 aliphatic heterocycles. The number of anilines is 1. The number of nitrogens with one attached hydrogen (secondary N) is 1. The van der Waals surface area contributed by atoms with E-state index in [1.165, 1.54) is 32.4 Å². The van der Waals surface area contributed by atoms with E-state index in [0.29, 0.717) is 23.6 Å². The smallest absolute Gasteiger partial charge is 0.422 e. The number of hydrogen-bond acceptors (Lipinski definition) is 5. The molecule has 1 amide bonds. The average molecular weight is 408 g/mol. The topological polar surface area (TPSA) is 80.6 Å². The number of halogens is 3. The van der Waals surface area contributed by atoms with Crippen molar-refractivity contribution in [2.24, 2.45) is 0 Å². The molecular weight excluding hydrogens is 389 g/mol. The Morgan fingerprint density at radius 3 is 2.38 bits per heavy atom. The van der Waals surface area contributed by atoms with Gasteiger partial charge in [-0.3, -0.25) is 4.79 Å². The second-order valence-electron chi connectivity index (χ2n) is 5.96. The molecule has 0 bridgehead atoms. The summed E-state index contributed by atoms with van der Waals surface area (Å²) in [6.07, 6.45) is -3.92. The summed E-state index contributed by atoms with van der Waals surface area (Å²) >= 11 is 0. The van der Waals surface area contributed by atoms with Crippen LogP contribution in [0.4, 0.5) is 18.9 Å². The molecule has 9 heteroatoms. The molecule has 0 heterocycles. The van der Waals surface area contributed by atoms with Crippen molar-refractivity contribution >= 4 is 11.6 Å². The fourth-order valence-electron chi connectivity index (χ4n) is 2.50. The van der Waals surface area contributed by atoms with Crippen LogP contribution in [0.15, 0.2) is 36.4 Å². The number of carbonyl (C=O) groups excluding carboxylic acids is 1. The van der Waals surface area contributed by atoms with Gasteiger partial charge in [0.05, 0.1) is 19.8 Å². The van der Waals surface area contributed by atoms with E-state index >= 15 is 0 Å². The molecule has 0 saturated heterocycles. The van der Waals surface area contributed by atoms with Gasteiger partial charge < -0.3 is 19.5 Å². The second kappa shape index (κ2) is 9.68. The van der Waals surface area contributed by atoms with Crippen molar-refractivity contribution in [1.82, 2.24) is 0 Å². The number of nitrogens with zero attached hydrogens (tertiary/aromatic N) is 1. The molecular formula is C20H19F3N2O4. The number of alkyl halides is 3. The Labute approximate surface area is 165 Å². The van der Waals surface area contributed by atoms with Crippen molar-refractivity contribution in [1.29, 1.82) is 5.26 Å². The van der Waals surface area contributed by atoms with Gasteiger partial charge >= 0.3 is 6.18 Å². The van der Waals surface area contributed by atoms with E-state index in [-0.39, 0.29) is 23.6 Å². The molecule has 0 atom stereocenters. The maximum Gasteiger partial charge on any atom is 0.422 e. The molecule has 6 nitrogen and oxygen atoms in total. The molecule has 0 radical (unpaired) electrons. The highest BCUT2D eigenvalue weighted by atomic mass is 19.4. The number of hydrogen-bond donors (Lipinski definition) is 1. The van der Waals surface area contributed by atoms with Gasteiger partial charge in [-0.25, -0.2) is 0 Å². The lowest BCUT2D eigenvalue weighted by Crippen LogP contribution is -2.19. The highest BCUT2D eigenvalue weighted by molar-refractivity contribution is 5.91. The molecule has 29 heavy (non-hydrogen) atoms. The van der Waals surface area contributed by atoms with Crippen molar-refractivity contribution < 1.29 is 32.2 Å². The number of ether oxygens (including phenoxy) is 3. The predicted molar refractivity (Wildman–Crippen MR) is 99.2 cm³/mol. The number of methoxy groups -OCH3 is 2. The average Bonchev–Trinajstić information content (AvgIpc) is 2.70. The van der Waals surface area contributed by atoms with Gasteiger partial charge in [-0.05, 0) is 42.3 Å². The SMILES string of the molecule is COc1ccc(CCC(=O)Nc2ccc(OCC(F)(F)F)c(C#N)c2)cc1OC. The summed E-state index contributed by atoms with van der Waals surface area (Å²) in [7, 11) is 3.04. The number of nitriles is 1. The third kappa shape index (κ3) is 6.60. The Bertz CT molecular complexity index is 908. The third-order valence-electron chi connectivity index (χ3n) is 3.86. The minimum absolute atomic E-state index is 0.105. The van der Waals surface area contributed by atoms with Gasteiger partial charge in [-0.2, -0.15) is 18.4 Å². The van der Waals surface area contributed by atoms with Crippen LogP contribution in [-0.2, 0) is 11.2 Å². The molecule has 0 fully saturated rings. The van der Waals surface area contributed by atoms with Gasteiger partial charge in [0, 0.05) is 12.1 Å². The van der Waals surface area contributed by atoms with Gasteiger partial charge in [-0.1, -0.05) is 6.07 Å². The first kappa shape index (κ1) is 21.9. The van der Waals surface area contributed by atoms with Crippen molar-refractivity contribution in [3.63, 3.8) is 0 Å². The summed E-state index contributed by atoms with van der Waals surface area (Å²) < 4.78 is 51.8. The zero-order valence-corrected chi connectivity index (χ0v) is 15.8. The van der Waals surface area contributed by atoms with Crippen LogP contribution in [0.3, 0.4) is 0 Å². The van der Waals surface area contributed by atoms with Crippen molar-refractivity contribution in [3.05, 3.63) is 47.5 Å². The quantitative estimate of drug-likeness (QED) is 0.712. The zero-order chi connectivity index (χ0) is 21.4. The van der Waals surface area contributed by atoms with Gasteiger partial charge in [-0.15, -0.1) is 0 Å². The van der Waals surface area contributed by atoms with Gasteiger partial charge in [0.1, 0.15) is 11.8 Å². The van der Waals surface area contributed by atoms with Gasteiger partial charge in [0.2, 0.25) is 5.91 Å². The Kier molecular flexibility index (Phi) is 7.31. The number of carbonyl (C=O) groups is 1. The lowest BCUT2D eigenvalue weighted by atomic mass is 10.1. The summed E-state index contributed by atoms with van der Waals surface area (Å²) in [5.41, 5.74) is 1.05. The van der Waals surface area contributed by atoms with E-state index in [0.717, 1.165) is 5.56 Å². The summed E-state index contributed by atoms with van der Waals surface area (Å²) in [6, 6.07) is 10.9. The number of aryl methyl sites for hydroxylation is 1. The molecule has 154 valence electrons. The first-order valence-corrected chi connectivity index (χ1v) is 8.50. The van der Waals surface area contributed by atoms with Crippen LogP contribution in [0, 0.1) is 11.3 Å². The Hall–Kier alpha value is -3.41. The molecule has 0 aromatic heterocycles. The largest absolute Gasteiger partial charge is 0.493 e. The van der Waals surface area contributed by atoms with E-state index < -0.39 is 12.8 Å². The lowest BCUT2D eigenvalue weighted by Gasteiger charge is -2.12. The summed E-state index contributed by atoms with van der Waals surface area (Å²) in [5, 5.41) is 11.7. The first-order chi connectivity index (χ1) is 13.8. The van der Waals surface area contributed by atoms with E-state index in [1.54, 1.807) is 18.2 Å². The summed E-state index contributed by atoms with van der Waals surface area (Å²) in [4.78, 5) is 12.2. The Morgan fingerprint density at radius 2 is 1.76 bits per heavy atom. The molecule has 0 aliphatic carbocycles. The van der Waals surface area contributed by atoms with E-state index in [2.05, 4.69) is 10.1 Å². The summed E-state index contributed by atoms with van der Waals surface area (Å²) in [6.45, 7) is -1.50. The van der Waals surface area contributed by atoms with E-state index in [9.17, 15) is 18.0 Å². The van der Waals surface area contributed by atoms with Crippen molar-refractivity contribution in [2.45, 2.75) is 19.0 Å². The van der Waals surface area contributed by atoms with Crippen LogP contribution in [0.25, 0.3) is 0 Å². The minimum Gasteiger partial charge on any atom is -0.493 e. The third-order valence-corrected chi connectivity index (χ3v) is 3.86. The summed E-state index contributed by atoms with van der Waals surface area (Å²) in [5.74, 6) is 0.622. The predicted octanol–water partition coefficient (Wildman–Crippen LogP) is 4.09. The molecule has 0 unspecified atom stereocenters. The van der Waals surface area contributed by atoms with Crippen LogP contribution < -0.4 is 19.5 Å². The number of benzene rings is 2. The van der Waals surface area contributed by atoms with Crippen LogP contribution in [-0.4, -0.2) is 32.9 Å². The molecule has 2 aromatic rings. The van der Waals surface area contributed by atoms with Crippen molar-refractivity contribution in [3.8, 4) is 23.3 Å². The molecule has 0 spiro atoms. The monoisotopic (exact) mass is 408 g/mol. The fourth-order valence-corrected chi connectivity index (χ4v) is 2.50. The molecule has 1 N–H and O–H groups in total. The number of rotatable bonds is 8. The zero-order valence-electron chi connectivity index (χ0n) is 15.8. The van der Waals surface area contributed by atoms with Crippen LogP contribution in [0.5, 0.6) is 17.2 Å². The Morgan fingerprint density at radius 1 is 1.07 bits per heavy atom. The van der Waals surface area contributed by atoms with Gasteiger partial charge in [0.25, 0.3) is 0 Å². The van der Waals surface area contributed by atoms with Crippen LogP contribution in [0.1, 0.15) is 17.5 Å². The standard InChI is InChI=1S/C20H19F3N2O4/c1-27-17-6-3-13(9-18(17)28-2)4-8-19(26)25-15-5-7-16(14(10-15)11-24)29-12-20(21,22)23/h3,5-7,9-10H,4,8,12H2,1-2H3,(H,25,26). The van der Waals surface area contributed by atoms with E-state index in [1.807, 2.05) is 6.07 Å². The molecule has 0 saturated carbocycles. The van der Waals surface area contributed by atoms with Crippen LogP contribution >= 0.6 is 0 Å². The first-order valence-electron chi connectivity index (χ1n) is 8.50. The Balaban J connectivity index is 1.97. The second-order valence-corrected chi connectivity index (χ2v) is 5.96. The molecule has 0 aliphatic rings. The van der Waals surface area contributed by atoms with Crippen molar-refractivity contribution in [2.75, 3.05) is 26.1 Å².